The van der Waals surface area contributed by atoms with Gasteiger partial charge in [-0.15, -0.1) is 0 Å². The first-order valence-corrected chi connectivity index (χ1v) is 6.41. The fourth-order valence-electron chi connectivity index (χ4n) is 2.16. The van der Waals surface area contributed by atoms with Gasteiger partial charge in [-0.2, -0.15) is 0 Å². The molecule has 2 aromatic rings. The first-order valence-electron chi connectivity index (χ1n) is 6.41. The molecule has 3 rings (SSSR count). The summed E-state index contributed by atoms with van der Waals surface area (Å²) < 4.78 is 5.89. The Morgan fingerprint density at radius 1 is 1.26 bits per heavy atom. The Balaban J connectivity index is 1.62. The van der Waals surface area contributed by atoms with E-state index in [0.717, 1.165) is 36.8 Å². The summed E-state index contributed by atoms with van der Waals surface area (Å²) in [5.41, 5.74) is 1.08. The van der Waals surface area contributed by atoms with Crippen LogP contribution in [0.25, 0.3) is 0 Å². The van der Waals surface area contributed by atoms with Crippen LogP contribution in [0.15, 0.2) is 36.9 Å². The first kappa shape index (κ1) is 11.9. The van der Waals surface area contributed by atoms with Crippen molar-refractivity contribution in [2.45, 2.75) is 19.4 Å². The van der Waals surface area contributed by atoms with Gasteiger partial charge in [0.2, 0.25) is 5.95 Å². The number of rotatable bonds is 3. The minimum absolute atomic E-state index is 0.175. The highest BCUT2D eigenvalue weighted by atomic mass is 16.5. The number of anilines is 1. The summed E-state index contributed by atoms with van der Waals surface area (Å²) in [5, 5.41) is 0. The molecule has 2 aromatic heterocycles. The number of hydrogen-bond acceptors (Lipinski definition) is 5. The molecule has 0 amide bonds. The summed E-state index contributed by atoms with van der Waals surface area (Å²) in [6.45, 7) is 3.73. The third-order valence-electron chi connectivity index (χ3n) is 3.13. The molecule has 1 saturated heterocycles. The number of aromatic nitrogens is 3. The Bertz CT molecular complexity index is 529. The van der Waals surface area contributed by atoms with Crippen LogP contribution in [0.1, 0.15) is 12.0 Å². The van der Waals surface area contributed by atoms with Crippen LogP contribution in [0.5, 0.6) is 5.75 Å². The van der Waals surface area contributed by atoms with Gasteiger partial charge in [-0.25, -0.2) is 9.97 Å². The Labute approximate surface area is 112 Å². The number of hydrogen-bond donors (Lipinski definition) is 0. The van der Waals surface area contributed by atoms with Crippen molar-refractivity contribution in [2.75, 3.05) is 18.0 Å². The van der Waals surface area contributed by atoms with Gasteiger partial charge in [0, 0.05) is 31.6 Å². The largest absolute Gasteiger partial charge is 0.487 e. The lowest BCUT2D eigenvalue weighted by atomic mass is 10.3. The molecule has 0 spiro atoms. The van der Waals surface area contributed by atoms with Crippen LogP contribution < -0.4 is 9.64 Å². The molecule has 5 heteroatoms. The predicted molar refractivity (Wildman–Crippen MR) is 72.3 cm³/mol. The molecule has 1 atom stereocenters. The van der Waals surface area contributed by atoms with Gasteiger partial charge in [0.25, 0.3) is 0 Å². The normalized spacial score (nSPS) is 18.6. The van der Waals surface area contributed by atoms with E-state index >= 15 is 0 Å². The SMILES string of the molecule is Cc1cnc(N2CCC(Oc3cccnc3)C2)nc1. The zero-order valence-corrected chi connectivity index (χ0v) is 10.9. The van der Waals surface area contributed by atoms with E-state index in [9.17, 15) is 0 Å². The monoisotopic (exact) mass is 256 g/mol. The van der Waals surface area contributed by atoms with Crippen molar-refractivity contribution < 1.29 is 4.74 Å². The molecular formula is C14H16N4O. The zero-order chi connectivity index (χ0) is 13.1. The number of aryl methyl sites for hydroxylation is 1. The standard InChI is InChI=1S/C14H16N4O/c1-11-7-16-14(17-8-11)18-6-4-13(10-18)19-12-3-2-5-15-9-12/h2-3,5,7-9,13H,4,6,10H2,1H3. The van der Waals surface area contributed by atoms with Crippen molar-refractivity contribution in [3.05, 3.63) is 42.5 Å². The Hall–Kier alpha value is -2.17. The van der Waals surface area contributed by atoms with Crippen LogP contribution in [-0.2, 0) is 0 Å². The second kappa shape index (κ2) is 5.22. The highest BCUT2D eigenvalue weighted by molar-refractivity contribution is 5.32. The van der Waals surface area contributed by atoms with Gasteiger partial charge in [-0.05, 0) is 24.6 Å². The van der Waals surface area contributed by atoms with Crippen molar-refractivity contribution in [1.29, 1.82) is 0 Å². The lowest BCUT2D eigenvalue weighted by Crippen LogP contribution is -2.26. The molecule has 1 fully saturated rings. The van der Waals surface area contributed by atoms with E-state index in [0.29, 0.717) is 0 Å². The molecule has 0 bridgehead atoms. The maximum Gasteiger partial charge on any atom is 0.225 e. The fraction of sp³-hybridized carbons (Fsp3) is 0.357. The highest BCUT2D eigenvalue weighted by Gasteiger charge is 2.25. The van der Waals surface area contributed by atoms with Crippen molar-refractivity contribution >= 4 is 5.95 Å². The average Bonchev–Trinajstić information content (AvgIpc) is 2.89. The molecule has 0 N–H and O–H groups in total. The number of pyridine rings is 1. The van der Waals surface area contributed by atoms with Gasteiger partial charge < -0.3 is 9.64 Å². The lowest BCUT2D eigenvalue weighted by molar-refractivity contribution is 0.224. The molecule has 98 valence electrons. The molecule has 1 unspecified atom stereocenters. The molecular weight excluding hydrogens is 240 g/mol. The van der Waals surface area contributed by atoms with Crippen LogP contribution in [0.3, 0.4) is 0 Å². The minimum Gasteiger partial charge on any atom is -0.487 e. The van der Waals surface area contributed by atoms with Crippen LogP contribution >= 0.6 is 0 Å². The van der Waals surface area contributed by atoms with E-state index in [1.54, 1.807) is 12.4 Å². The average molecular weight is 256 g/mol. The van der Waals surface area contributed by atoms with Gasteiger partial charge >= 0.3 is 0 Å². The number of nitrogens with zero attached hydrogens (tertiary/aromatic N) is 4. The summed E-state index contributed by atoms with van der Waals surface area (Å²) >= 11 is 0. The summed E-state index contributed by atoms with van der Waals surface area (Å²) in [5.74, 6) is 1.60. The second-order valence-corrected chi connectivity index (χ2v) is 4.72. The van der Waals surface area contributed by atoms with Gasteiger partial charge in [0.15, 0.2) is 0 Å². The van der Waals surface area contributed by atoms with E-state index in [2.05, 4.69) is 19.9 Å². The van der Waals surface area contributed by atoms with Gasteiger partial charge in [-0.1, -0.05) is 0 Å². The van der Waals surface area contributed by atoms with Crippen LogP contribution in [-0.4, -0.2) is 34.1 Å². The summed E-state index contributed by atoms with van der Waals surface area (Å²) in [6.07, 6.45) is 8.33. The van der Waals surface area contributed by atoms with E-state index in [1.807, 2.05) is 31.5 Å². The Kier molecular flexibility index (Phi) is 3.27. The predicted octanol–water partition coefficient (Wildman–Crippen LogP) is 1.84. The molecule has 1 aliphatic heterocycles. The topological polar surface area (TPSA) is 51.1 Å². The van der Waals surface area contributed by atoms with Crippen LogP contribution in [0.2, 0.25) is 0 Å². The zero-order valence-electron chi connectivity index (χ0n) is 10.9. The smallest absolute Gasteiger partial charge is 0.225 e. The molecule has 3 heterocycles. The van der Waals surface area contributed by atoms with Gasteiger partial charge in [0.05, 0.1) is 12.7 Å². The minimum atomic E-state index is 0.175. The van der Waals surface area contributed by atoms with E-state index in [4.69, 9.17) is 4.74 Å². The maximum atomic E-state index is 5.89. The maximum absolute atomic E-state index is 5.89. The van der Waals surface area contributed by atoms with Crippen LogP contribution in [0, 0.1) is 6.92 Å². The summed E-state index contributed by atoms with van der Waals surface area (Å²) in [6, 6.07) is 3.81. The van der Waals surface area contributed by atoms with Crippen molar-refractivity contribution in [3.8, 4) is 5.75 Å². The van der Waals surface area contributed by atoms with Gasteiger partial charge in [-0.3, -0.25) is 4.98 Å². The quantitative estimate of drug-likeness (QED) is 0.838. The van der Waals surface area contributed by atoms with Crippen molar-refractivity contribution in [2.24, 2.45) is 0 Å². The van der Waals surface area contributed by atoms with Crippen molar-refractivity contribution in [3.63, 3.8) is 0 Å². The third-order valence-corrected chi connectivity index (χ3v) is 3.13. The van der Waals surface area contributed by atoms with E-state index in [1.165, 1.54) is 0 Å². The summed E-state index contributed by atoms with van der Waals surface area (Å²) in [4.78, 5) is 14.9. The van der Waals surface area contributed by atoms with Crippen molar-refractivity contribution in [1.82, 2.24) is 15.0 Å². The molecule has 0 saturated carbocycles. The fourth-order valence-corrected chi connectivity index (χ4v) is 2.16. The Morgan fingerprint density at radius 3 is 2.84 bits per heavy atom. The highest BCUT2D eigenvalue weighted by Crippen LogP contribution is 2.20. The lowest BCUT2D eigenvalue weighted by Gasteiger charge is -2.16. The van der Waals surface area contributed by atoms with E-state index < -0.39 is 0 Å². The molecule has 5 nitrogen and oxygen atoms in total. The Morgan fingerprint density at radius 2 is 2.11 bits per heavy atom. The summed E-state index contributed by atoms with van der Waals surface area (Å²) in [7, 11) is 0. The first-order chi connectivity index (χ1) is 9.31. The van der Waals surface area contributed by atoms with Crippen LogP contribution in [0.4, 0.5) is 5.95 Å². The molecule has 1 aliphatic rings. The molecule has 0 radical (unpaired) electrons. The molecule has 0 aliphatic carbocycles. The molecule has 19 heavy (non-hydrogen) atoms. The second-order valence-electron chi connectivity index (χ2n) is 4.72. The third kappa shape index (κ3) is 2.81. The van der Waals surface area contributed by atoms with Gasteiger partial charge in [0.1, 0.15) is 11.9 Å². The number of ether oxygens (including phenoxy) is 1. The molecule has 0 aromatic carbocycles. The van der Waals surface area contributed by atoms with E-state index in [-0.39, 0.29) is 6.10 Å².